The smallest absolute Gasteiger partial charge is 0.224 e. The van der Waals surface area contributed by atoms with Gasteiger partial charge in [0.25, 0.3) is 0 Å². The molecule has 0 aromatic heterocycles. The normalized spacial score (nSPS) is 13.9. The van der Waals surface area contributed by atoms with Crippen LogP contribution in [0.15, 0.2) is 0 Å². The molecular weight excluding hydrogens is 216 g/mol. The van der Waals surface area contributed by atoms with E-state index in [-0.39, 0.29) is 30.0 Å². The van der Waals surface area contributed by atoms with Crippen molar-refractivity contribution < 1.29 is 9.90 Å². The lowest BCUT2D eigenvalue weighted by molar-refractivity contribution is -0.133. The van der Waals surface area contributed by atoms with Gasteiger partial charge in [-0.2, -0.15) is 0 Å². The van der Waals surface area contributed by atoms with Crippen LogP contribution in [-0.2, 0) is 4.79 Å². The maximum absolute atomic E-state index is 12.0. The molecule has 4 nitrogen and oxygen atoms in total. The van der Waals surface area contributed by atoms with Crippen molar-refractivity contribution in [1.82, 2.24) is 4.90 Å². The predicted molar refractivity (Wildman–Crippen MR) is 70.6 cm³/mol. The molecule has 0 aromatic rings. The van der Waals surface area contributed by atoms with Crippen molar-refractivity contribution in [2.24, 2.45) is 11.1 Å². The summed E-state index contributed by atoms with van der Waals surface area (Å²) in [6.45, 7) is 10.6. The summed E-state index contributed by atoms with van der Waals surface area (Å²) in [5.74, 6) is 0.0331. The average molecular weight is 244 g/mol. The van der Waals surface area contributed by atoms with Crippen LogP contribution in [0.4, 0.5) is 0 Å². The highest BCUT2D eigenvalue weighted by molar-refractivity contribution is 5.77. The quantitative estimate of drug-likeness (QED) is 0.741. The van der Waals surface area contributed by atoms with E-state index in [1.54, 1.807) is 4.90 Å². The molecule has 3 N–H and O–H groups in total. The van der Waals surface area contributed by atoms with E-state index in [9.17, 15) is 4.79 Å². The maximum Gasteiger partial charge on any atom is 0.224 e. The molecule has 0 aliphatic carbocycles. The third kappa shape index (κ3) is 7.34. The van der Waals surface area contributed by atoms with Crippen LogP contribution >= 0.6 is 0 Å². The lowest BCUT2D eigenvalue weighted by Crippen LogP contribution is -2.42. The Hall–Kier alpha value is -0.610. The first kappa shape index (κ1) is 16.4. The molecule has 1 atom stereocenters. The van der Waals surface area contributed by atoms with Crippen molar-refractivity contribution in [2.75, 3.05) is 13.2 Å². The number of hydrogen-bond acceptors (Lipinski definition) is 3. The molecule has 0 saturated heterocycles. The van der Waals surface area contributed by atoms with Crippen molar-refractivity contribution >= 4 is 5.91 Å². The predicted octanol–water partition coefficient (Wildman–Crippen LogP) is 1.37. The summed E-state index contributed by atoms with van der Waals surface area (Å²) < 4.78 is 0. The zero-order valence-electron chi connectivity index (χ0n) is 11.9. The van der Waals surface area contributed by atoms with E-state index in [4.69, 9.17) is 10.8 Å². The van der Waals surface area contributed by atoms with E-state index in [0.717, 1.165) is 6.42 Å². The molecule has 0 saturated carbocycles. The molecule has 4 heteroatoms. The molecule has 1 amide bonds. The molecule has 0 fully saturated rings. The van der Waals surface area contributed by atoms with E-state index < -0.39 is 0 Å². The summed E-state index contributed by atoms with van der Waals surface area (Å²) in [5.41, 5.74) is 6.12. The summed E-state index contributed by atoms with van der Waals surface area (Å²) in [6.07, 6.45) is 1.18. The standard InChI is InChI=1S/C13H28N2O2/c1-10(2)15(6-7-16)12(17)8-11(14)9-13(3,4)5/h10-11,16H,6-9,14H2,1-5H3. The van der Waals surface area contributed by atoms with Crippen LogP contribution in [0.2, 0.25) is 0 Å². The highest BCUT2D eigenvalue weighted by atomic mass is 16.3. The Bertz CT molecular complexity index is 234. The largest absolute Gasteiger partial charge is 0.395 e. The fraction of sp³-hybridized carbons (Fsp3) is 0.923. The minimum atomic E-state index is -0.109. The lowest BCUT2D eigenvalue weighted by atomic mass is 9.87. The van der Waals surface area contributed by atoms with Gasteiger partial charge in [0.1, 0.15) is 0 Å². The van der Waals surface area contributed by atoms with Gasteiger partial charge in [-0.05, 0) is 25.7 Å². The summed E-state index contributed by atoms with van der Waals surface area (Å²) in [7, 11) is 0. The van der Waals surface area contributed by atoms with Crippen molar-refractivity contribution in [2.45, 2.75) is 59.5 Å². The first-order valence-electron chi connectivity index (χ1n) is 6.33. The molecule has 0 heterocycles. The number of hydrogen-bond donors (Lipinski definition) is 2. The monoisotopic (exact) mass is 244 g/mol. The van der Waals surface area contributed by atoms with E-state index in [2.05, 4.69) is 20.8 Å². The molecule has 0 radical (unpaired) electrons. The number of nitrogens with zero attached hydrogens (tertiary/aromatic N) is 1. The number of carbonyl (C=O) groups excluding carboxylic acids is 1. The first-order chi connectivity index (χ1) is 7.67. The third-order valence-corrected chi connectivity index (χ3v) is 2.60. The van der Waals surface area contributed by atoms with Crippen molar-refractivity contribution in [3.8, 4) is 0 Å². The van der Waals surface area contributed by atoms with Gasteiger partial charge in [0.2, 0.25) is 5.91 Å². The summed E-state index contributed by atoms with van der Waals surface area (Å²) in [6, 6.07) is -0.000991. The lowest BCUT2D eigenvalue weighted by Gasteiger charge is -2.29. The van der Waals surface area contributed by atoms with E-state index in [1.807, 2.05) is 13.8 Å². The van der Waals surface area contributed by atoms with Gasteiger partial charge in [0.15, 0.2) is 0 Å². The van der Waals surface area contributed by atoms with Crippen LogP contribution in [0.25, 0.3) is 0 Å². The zero-order chi connectivity index (χ0) is 13.6. The molecule has 0 aliphatic heterocycles. The highest BCUT2D eigenvalue weighted by Gasteiger charge is 2.22. The van der Waals surface area contributed by atoms with Crippen LogP contribution in [-0.4, -0.2) is 41.1 Å². The van der Waals surface area contributed by atoms with Gasteiger partial charge in [-0.3, -0.25) is 4.79 Å². The summed E-state index contributed by atoms with van der Waals surface area (Å²) in [4.78, 5) is 13.7. The molecule has 17 heavy (non-hydrogen) atoms. The molecular formula is C13H28N2O2. The Morgan fingerprint density at radius 2 is 1.88 bits per heavy atom. The molecule has 0 aromatic carbocycles. The van der Waals surface area contributed by atoms with Gasteiger partial charge in [0, 0.05) is 25.0 Å². The number of rotatable bonds is 6. The Kier molecular flexibility index (Phi) is 6.72. The second-order valence-electron chi connectivity index (χ2n) is 6.13. The topological polar surface area (TPSA) is 66.6 Å². The van der Waals surface area contributed by atoms with E-state index >= 15 is 0 Å². The average Bonchev–Trinajstić information content (AvgIpc) is 2.09. The van der Waals surface area contributed by atoms with Crippen LogP contribution in [0.5, 0.6) is 0 Å². The number of aliphatic hydroxyl groups is 1. The Morgan fingerprint density at radius 3 is 2.24 bits per heavy atom. The Labute approximate surface area is 105 Å². The van der Waals surface area contributed by atoms with Crippen molar-refractivity contribution in [1.29, 1.82) is 0 Å². The Morgan fingerprint density at radius 1 is 1.35 bits per heavy atom. The van der Waals surface area contributed by atoms with Crippen LogP contribution in [0.1, 0.15) is 47.5 Å². The fourth-order valence-corrected chi connectivity index (χ4v) is 1.98. The Balaban J connectivity index is 4.30. The minimum Gasteiger partial charge on any atom is -0.395 e. The van der Waals surface area contributed by atoms with Gasteiger partial charge in [0.05, 0.1) is 6.61 Å². The third-order valence-electron chi connectivity index (χ3n) is 2.60. The van der Waals surface area contributed by atoms with Crippen LogP contribution in [0.3, 0.4) is 0 Å². The zero-order valence-corrected chi connectivity index (χ0v) is 11.9. The maximum atomic E-state index is 12.0. The molecule has 1 unspecified atom stereocenters. The second-order valence-corrected chi connectivity index (χ2v) is 6.13. The summed E-state index contributed by atoms with van der Waals surface area (Å²) >= 11 is 0. The molecule has 0 aliphatic rings. The highest BCUT2D eigenvalue weighted by Crippen LogP contribution is 2.21. The number of nitrogens with two attached hydrogens (primary N) is 1. The number of aliphatic hydroxyl groups excluding tert-OH is 1. The van der Waals surface area contributed by atoms with Gasteiger partial charge in [-0.1, -0.05) is 20.8 Å². The van der Waals surface area contributed by atoms with E-state index in [0.29, 0.717) is 13.0 Å². The minimum absolute atomic E-state index is 0.00156. The van der Waals surface area contributed by atoms with Crippen molar-refractivity contribution in [3.05, 3.63) is 0 Å². The van der Waals surface area contributed by atoms with Gasteiger partial charge in [-0.15, -0.1) is 0 Å². The molecule has 0 rings (SSSR count). The van der Waals surface area contributed by atoms with Crippen molar-refractivity contribution in [3.63, 3.8) is 0 Å². The van der Waals surface area contributed by atoms with Gasteiger partial charge >= 0.3 is 0 Å². The van der Waals surface area contributed by atoms with Gasteiger partial charge in [-0.25, -0.2) is 0 Å². The number of amides is 1. The molecule has 0 bridgehead atoms. The number of carbonyl (C=O) groups is 1. The fourth-order valence-electron chi connectivity index (χ4n) is 1.98. The molecule has 0 spiro atoms. The summed E-state index contributed by atoms with van der Waals surface area (Å²) in [5, 5.41) is 8.93. The SMILES string of the molecule is CC(C)N(CCO)C(=O)CC(N)CC(C)(C)C. The van der Waals surface area contributed by atoms with Crippen LogP contribution in [0, 0.1) is 5.41 Å². The van der Waals surface area contributed by atoms with E-state index in [1.165, 1.54) is 0 Å². The van der Waals surface area contributed by atoms with Crippen LogP contribution < -0.4 is 5.73 Å². The first-order valence-corrected chi connectivity index (χ1v) is 6.33. The second kappa shape index (κ2) is 6.97. The van der Waals surface area contributed by atoms with Gasteiger partial charge < -0.3 is 15.7 Å². The molecule has 102 valence electrons.